The molecule has 120 valence electrons. The molecule has 5 nitrogen and oxygen atoms in total. The fourth-order valence-corrected chi connectivity index (χ4v) is 3.41. The van der Waals surface area contributed by atoms with Crippen LogP contribution in [-0.4, -0.2) is 59.0 Å². The Bertz CT molecular complexity index is 561. The largest absolute Gasteiger partial charge is 0.495 e. The SMILES string of the molecule is COc1cc(CCl)ccc1S(=O)(=O)N(C)CCCN(C)C. The Morgan fingerprint density at radius 2 is 1.86 bits per heavy atom. The van der Waals surface area contributed by atoms with Crippen molar-refractivity contribution < 1.29 is 13.2 Å². The maximum Gasteiger partial charge on any atom is 0.246 e. The molecule has 0 spiro atoms. The second kappa shape index (κ2) is 7.98. The lowest BCUT2D eigenvalue weighted by Crippen LogP contribution is -2.30. The summed E-state index contributed by atoms with van der Waals surface area (Å²) in [7, 11) is 3.40. The van der Waals surface area contributed by atoms with Crippen LogP contribution in [0, 0.1) is 0 Å². The van der Waals surface area contributed by atoms with Crippen LogP contribution in [0.25, 0.3) is 0 Å². The zero-order chi connectivity index (χ0) is 16.0. The third-order valence-corrected chi connectivity index (χ3v) is 5.35. The number of hydrogen-bond acceptors (Lipinski definition) is 4. The number of rotatable bonds is 8. The molecule has 0 saturated heterocycles. The molecule has 1 rings (SSSR count). The third-order valence-electron chi connectivity index (χ3n) is 3.15. The van der Waals surface area contributed by atoms with E-state index < -0.39 is 10.0 Å². The minimum Gasteiger partial charge on any atom is -0.495 e. The van der Waals surface area contributed by atoms with Crippen molar-refractivity contribution in [1.82, 2.24) is 9.21 Å². The molecular weight excluding hydrogens is 312 g/mol. The van der Waals surface area contributed by atoms with Crippen molar-refractivity contribution in [2.45, 2.75) is 17.2 Å². The van der Waals surface area contributed by atoms with E-state index in [9.17, 15) is 8.42 Å². The Labute approximate surface area is 132 Å². The van der Waals surface area contributed by atoms with Gasteiger partial charge in [0.05, 0.1) is 7.11 Å². The number of sulfonamides is 1. The van der Waals surface area contributed by atoms with E-state index in [4.69, 9.17) is 16.3 Å². The Morgan fingerprint density at radius 1 is 1.19 bits per heavy atom. The number of alkyl halides is 1. The van der Waals surface area contributed by atoms with Crippen molar-refractivity contribution in [1.29, 1.82) is 0 Å². The molecule has 21 heavy (non-hydrogen) atoms. The van der Waals surface area contributed by atoms with Gasteiger partial charge in [0.2, 0.25) is 10.0 Å². The number of ether oxygens (including phenoxy) is 1. The minimum absolute atomic E-state index is 0.172. The average Bonchev–Trinajstić information content (AvgIpc) is 2.45. The minimum atomic E-state index is -3.56. The van der Waals surface area contributed by atoms with Crippen LogP contribution in [0.1, 0.15) is 12.0 Å². The normalized spacial score (nSPS) is 12.1. The van der Waals surface area contributed by atoms with Gasteiger partial charge in [-0.2, -0.15) is 0 Å². The van der Waals surface area contributed by atoms with E-state index in [1.54, 1.807) is 25.2 Å². The maximum atomic E-state index is 12.6. The van der Waals surface area contributed by atoms with Gasteiger partial charge in [-0.3, -0.25) is 0 Å². The summed E-state index contributed by atoms with van der Waals surface area (Å²) in [6.07, 6.45) is 0.769. The zero-order valence-corrected chi connectivity index (χ0v) is 14.5. The van der Waals surface area contributed by atoms with Crippen LogP contribution in [0.5, 0.6) is 5.75 Å². The lowest BCUT2D eigenvalue weighted by molar-refractivity contribution is 0.367. The van der Waals surface area contributed by atoms with E-state index in [1.165, 1.54) is 11.4 Å². The van der Waals surface area contributed by atoms with Crippen LogP contribution in [0.3, 0.4) is 0 Å². The fourth-order valence-electron chi connectivity index (χ4n) is 1.91. The standard InChI is InChI=1S/C14H23ClN2O3S/c1-16(2)8-5-9-17(3)21(18,19)14-7-6-12(11-15)10-13(14)20-4/h6-7,10H,5,8-9,11H2,1-4H3. The first kappa shape index (κ1) is 18.2. The van der Waals surface area contributed by atoms with Gasteiger partial charge in [0, 0.05) is 19.5 Å². The second-order valence-electron chi connectivity index (χ2n) is 5.10. The quantitative estimate of drug-likeness (QED) is 0.682. The molecule has 0 atom stereocenters. The number of halogens is 1. The van der Waals surface area contributed by atoms with Gasteiger partial charge in [-0.15, -0.1) is 11.6 Å². The molecule has 0 aliphatic heterocycles. The van der Waals surface area contributed by atoms with Crippen molar-refractivity contribution in [3.63, 3.8) is 0 Å². The molecule has 0 aliphatic carbocycles. The highest BCUT2D eigenvalue weighted by Crippen LogP contribution is 2.28. The predicted molar refractivity (Wildman–Crippen MR) is 85.5 cm³/mol. The van der Waals surface area contributed by atoms with Crippen LogP contribution >= 0.6 is 11.6 Å². The van der Waals surface area contributed by atoms with Crippen molar-refractivity contribution >= 4 is 21.6 Å². The predicted octanol–water partition coefficient (Wildman–Crippen LogP) is 2.01. The highest BCUT2D eigenvalue weighted by Gasteiger charge is 2.24. The zero-order valence-electron chi connectivity index (χ0n) is 13.0. The Kier molecular flexibility index (Phi) is 6.93. The van der Waals surface area contributed by atoms with Gasteiger partial charge < -0.3 is 9.64 Å². The number of methoxy groups -OCH3 is 1. The molecule has 7 heteroatoms. The van der Waals surface area contributed by atoms with Crippen LogP contribution in [0.2, 0.25) is 0 Å². The summed E-state index contributed by atoms with van der Waals surface area (Å²) in [4.78, 5) is 2.20. The first-order valence-electron chi connectivity index (χ1n) is 6.67. The molecule has 0 heterocycles. The Hall–Kier alpha value is -0.820. The van der Waals surface area contributed by atoms with Crippen LogP contribution in [0.4, 0.5) is 0 Å². The van der Waals surface area contributed by atoms with Gasteiger partial charge in [0.15, 0.2) is 0 Å². The lowest BCUT2D eigenvalue weighted by Gasteiger charge is -2.20. The summed E-state index contributed by atoms with van der Waals surface area (Å²) in [6.45, 7) is 1.29. The molecular formula is C14H23ClN2O3S. The van der Waals surface area contributed by atoms with Crippen molar-refractivity contribution in [2.75, 3.05) is 41.3 Å². The molecule has 0 radical (unpaired) electrons. The molecule has 1 aromatic carbocycles. The molecule has 0 fully saturated rings. The molecule has 1 aromatic rings. The van der Waals surface area contributed by atoms with E-state index >= 15 is 0 Å². The van der Waals surface area contributed by atoms with Crippen LogP contribution < -0.4 is 4.74 Å². The molecule has 0 N–H and O–H groups in total. The first-order valence-corrected chi connectivity index (χ1v) is 8.64. The van der Waals surface area contributed by atoms with Gasteiger partial charge in [0.25, 0.3) is 0 Å². The number of hydrogen-bond donors (Lipinski definition) is 0. The Balaban J connectivity index is 2.96. The molecule has 0 unspecified atom stereocenters. The summed E-state index contributed by atoms with van der Waals surface area (Å²) in [5.74, 6) is 0.641. The first-order chi connectivity index (χ1) is 9.82. The van der Waals surface area contributed by atoms with E-state index in [1.807, 2.05) is 19.0 Å². The molecule has 0 aliphatic rings. The molecule has 0 aromatic heterocycles. The Morgan fingerprint density at radius 3 is 2.38 bits per heavy atom. The summed E-state index contributed by atoms with van der Waals surface area (Å²) in [5.41, 5.74) is 0.822. The van der Waals surface area contributed by atoms with Gasteiger partial charge >= 0.3 is 0 Å². The monoisotopic (exact) mass is 334 g/mol. The van der Waals surface area contributed by atoms with Crippen molar-refractivity contribution in [2.24, 2.45) is 0 Å². The summed E-state index contributed by atoms with van der Waals surface area (Å²) in [6, 6.07) is 4.91. The van der Waals surface area contributed by atoms with E-state index in [2.05, 4.69) is 0 Å². The van der Waals surface area contributed by atoms with Crippen LogP contribution in [-0.2, 0) is 15.9 Å². The number of nitrogens with zero attached hydrogens (tertiary/aromatic N) is 2. The van der Waals surface area contributed by atoms with Gasteiger partial charge in [-0.1, -0.05) is 6.07 Å². The van der Waals surface area contributed by atoms with E-state index in [0.717, 1.165) is 18.5 Å². The number of benzene rings is 1. The average molecular weight is 335 g/mol. The second-order valence-corrected chi connectivity index (χ2v) is 7.38. The van der Waals surface area contributed by atoms with Crippen LogP contribution in [0.15, 0.2) is 23.1 Å². The van der Waals surface area contributed by atoms with E-state index in [0.29, 0.717) is 18.2 Å². The fraction of sp³-hybridized carbons (Fsp3) is 0.571. The molecule has 0 saturated carbocycles. The molecule has 0 amide bonds. The van der Waals surface area contributed by atoms with Crippen molar-refractivity contribution in [3.05, 3.63) is 23.8 Å². The van der Waals surface area contributed by atoms with Gasteiger partial charge in [-0.25, -0.2) is 12.7 Å². The smallest absolute Gasteiger partial charge is 0.246 e. The lowest BCUT2D eigenvalue weighted by atomic mass is 10.2. The topological polar surface area (TPSA) is 49.9 Å². The maximum absolute atomic E-state index is 12.6. The third kappa shape index (κ3) is 4.85. The summed E-state index contributed by atoms with van der Waals surface area (Å²) >= 11 is 5.76. The summed E-state index contributed by atoms with van der Waals surface area (Å²) in [5, 5.41) is 0. The van der Waals surface area contributed by atoms with E-state index in [-0.39, 0.29) is 4.90 Å². The summed E-state index contributed by atoms with van der Waals surface area (Å²) < 4.78 is 31.7. The van der Waals surface area contributed by atoms with Gasteiger partial charge in [-0.05, 0) is 44.8 Å². The molecule has 0 bridgehead atoms. The highest BCUT2D eigenvalue weighted by atomic mass is 35.5. The van der Waals surface area contributed by atoms with Crippen molar-refractivity contribution in [3.8, 4) is 5.75 Å². The highest BCUT2D eigenvalue weighted by molar-refractivity contribution is 7.89. The van der Waals surface area contributed by atoms with Gasteiger partial charge in [0.1, 0.15) is 10.6 Å².